The van der Waals surface area contributed by atoms with Crippen molar-refractivity contribution in [2.75, 3.05) is 11.6 Å². The summed E-state index contributed by atoms with van der Waals surface area (Å²) in [7, 11) is -3.25. The first-order valence-electron chi connectivity index (χ1n) is 4.85. The molecule has 0 radical (unpaired) electrons. The molecule has 2 rings (SSSR count). The van der Waals surface area contributed by atoms with Gasteiger partial charge in [-0.1, -0.05) is 17.3 Å². The van der Waals surface area contributed by atoms with Crippen molar-refractivity contribution in [3.05, 3.63) is 36.5 Å². The summed E-state index contributed by atoms with van der Waals surface area (Å²) in [5, 5.41) is 6.58. The van der Waals surface area contributed by atoms with Gasteiger partial charge in [-0.3, -0.25) is 0 Å². The van der Waals surface area contributed by atoms with Gasteiger partial charge in [0, 0.05) is 6.26 Å². The minimum absolute atomic E-state index is 0.253. The number of sulfone groups is 1. The van der Waals surface area contributed by atoms with Gasteiger partial charge in [0.25, 0.3) is 0 Å². The van der Waals surface area contributed by atoms with Crippen LogP contribution in [-0.2, 0) is 16.4 Å². The molecule has 7 heteroatoms. The average Bonchev–Trinajstić information content (AvgIpc) is 2.78. The van der Waals surface area contributed by atoms with E-state index in [9.17, 15) is 8.42 Å². The van der Waals surface area contributed by atoms with Gasteiger partial charge in [-0.2, -0.15) is 4.98 Å². The van der Waals surface area contributed by atoms with Crippen molar-refractivity contribution in [2.45, 2.75) is 11.4 Å². The van der Waals surface area contributed by atoms with E-state index < -0.39 is 9.84 Å². The van der Waals surface area contributed by atoms with E-state index in [4.69, 9.17) is 0 Å². The third-order valence-corrected chi connectivity index (χ3v) is 3.29. The van der Waals surface area contributed by atoms with Gasteiger partial charge in [0.05, 0.1) is 17.1 Å². The van der Waals surface area contributed by atoms with Crippen LogP contribution >= 0.6 is 0 Å². The minimum Gasteiger partial charge on any atom is -0.377 e. The molecule has 0 saturated heterocycles. The van der Waals surface area contributed by atoms with E-state index in [1.54, 1.807) is 24.3 Å². The van der Waals surface area contributed by atoms with E-state index in [1.807, 2.05) is 0 Å². The monoisotopic (exact) mass is 253 g/mol. The first kappa shape index (κ1) is 11.6. The van der Waals surface area contributed by atoms with Crippen molar-refractivity contribution in [2.24, 2.45) is 0 Å². The predicted molar refractivity (Wildman–Crippen MR) is 61.2 cm³/mol. The highest BCUT2D eigenvalue weighted by Crippen LogP contribution is 2.20. The molecule has 1 heterocycles. The highest BCUT2D eigenvalue weighted by atomic mass is 32.2. The molecule has 0 unspecified atom stereocenters. The Bertz CT molecular complexity index is 593. The average molecular weight is 253 g/mol. The SMILES string of the molecule is CS(=O)(=O)c1ccccc1NCc1ncon1. The van der Waals surface area contributed by atoms with E-state index in [0.29, 0.717) is 18.1 Å². The van der Waals surface area contributed by atoms with Crippen LogP contribution in [-0.4, -0.2) is 24.8 Å². The predicted octanol–water partition coefficient (Wildman–Crippen LogP) is 1.09. The number of para-hydroxylation sites is 1. The molecule has 0 aliphatic carbocycles. The Morgan fingerprint density at radius 1 is 1.35 bits per heavy atom. The zero-order chi connectivity index (χ0) is 12.3. The number of rotatable bonds is 4. The van der Waals surface area contributed by atoms with Gasteiger partial charge in [-0.25, -0.2) is 8.42 Å². The van der Waals surface area contributed by atoms with Gasteiger partial charge in [0.2, 0.25) is 6.39 Å². The van der Waals surface area contributed by atoms with E-state index in [0.717, 1.165) is 0 Å². The van der Waals surface area contributed by atoms with E-state index >= 15 is 0 Å². The van der Waals surface area contributed by atoms with Gasteiger partial charge in [-0.05, 0) is 12.1 Å². The lowest BCUT2D eigenvalue weighted by Gasteiger charge is -2.08. The molecule has 1 aromatic heterocycles. The molecular formula is C10H11N3O3S. The molecular weight excluding hydrogens is 242 g/mol. The number of hydrogen-bond acceptors (Lipinski definition) is 6. The lowest BCUT2D eigenvalue weighted by Crippen LogP contribution is -2.06. The Morgan fingerprint density at radius 3 is 2.76 bits per heavy atom. The Balaban J connectivity index is 2.22. The number of benzene rings is 1. The summed E-state index contributed by atoms with van der Waals surface area (Å²) >= 11 is 0. The van der Waals surface area contributed by atoms with Crippen molar-refractivity contribution >= 4 is 15.5 Å². The highest BCUT2D eigenvalue weighted by Gasteiger charge is 2.12. The number of aromatic nitrogens is 2. The van der Waals surface area contributed by atoms with Crippen LogP contribution in [0.3, 0.4) is 0 Å². The maximum absolute atomic E-state index is 11.5. The van der Waals surface area contributed by atoms with Crippen LogP contribution in [0.5, 0.6) is 0 Å². The molecule has 90 valence electrons. The van der Waals surface area contributed by atoms with Crippen LogP contribution in [0.2, 0.25) is 0 Å². The van der Waals surface area contributed by atoms with Crippen molar-refractivity contribution in [3.8, 4) is 0 Å². The second kappa shape index (κ2) is 4.54. The first-order valence-corrected chi connectivity index (χ1v) is 6.75. The van der Waals surface area contributed by atoms with Gasteiger partial charge < -0.3 is 9.84 Å². The maximum atomic E-state index is 11.5. The third-order valence-electron chi connectivity index (χ3n) is 2.13. The molecule has 0 saturated carbocycles. The van der Waals surface area contributed by atoms with Gasteiger partial charge in [-0.15, -0.1) is 0 Å². The number of nitrogens with one attached hydrogen (secondary N) is 1. The summed E-state index contributed by atoms with van der Waals surface area (Å²) in [6, 6.07) is 6.67. The standard InChI is InChI=1S/C10H11N3O3S/c1-17(14,15)9-5-3-2-4-8(9)11-6-10-12-7-16-13-10/h2-5,7,11H,6H2,1H3. The fraction of sp³-hybridized carbons (Fsp3) is 0.200. The molecule has 0 aliphatic heterocycles. The maximum Gasteiger partial charge on any atom is 0.213 e. The fourth-order valence-electron chi connectivity index (χ4n) is 1.38. The third kappa shape index (κ3) is 2.82. The smallest absolute Gasteiger partial charge is 0.213 e. The van der Waals surface area contributed by atoms with Gasteiger partial charge in [0.1, 0.15) is 0 Å². The molecule has 0 aliphatic rings. The van der Waals surface area contributed by atoms with Crippen molar-refractivity contribution in [3.63, 3.8) is 0 Å². The number of hydrogen-bond donors (Lipinski definition) is 1. The molecule has 1 N–H and O–H groups in total. The van der Waals surface area contributed by atoms with Crippen LogP contribution < -0.4 is 5.32 Å². The van der Waals surface area contributed by atoms with Crippen LogP contribution in [0.15, 0.2) is 40.1 Å². The van der Waals surface area contributed by atoms with Gasteiger partial charge in [0.15, 0.2) is 15.7 Å². The summed E-state index contributed by atoms with van der Waals surface area (Å²) in [5.74, 6) is 0.466. The molecule has 2 aromatic rings. The molecule has 0 amide bonds. The van der Waals surface area contributed by atoms with Crippen molar-refractivity contribution in [1.29, 1.82) is 0 Å². The highest BCUT2D eigenvalue weighted by molar-refractivity contribution is 7.90. The Morgan fingerprint density at radius 2 is 2.12 bits per heavy atom. The molecule has 6 nitrogen and oxygen atoms in total. The lowest BCUT2D eigenvalue weighted by molar-refractivity contribution is 0.411. The molecule has 17 heavy (non-hydrogen) atoms. The Hall–Kier alpha value is -1.89. The Kier molecular flexibility index (Phi) is 3.10. The molecule has 0 fully saturated rings. The summed E-state index contributed by atoms with van der Waals surface area (Å²) in [5.41, 5.74) is 0.528. The molecule has 0 spiro atoms. The Labute approximate surface area is 98.6 Å². The minimum atomic E-state index is -3.25. The van der Waals surface area contributed by atoms with E-state index in [2.05, 4.69) is 20.0 Å². The fourth-order valence-corrected chi connectivity index (χ4v) is 2.25. The van der Waals surface area contributed by atoms with Crippen molar-refractivity contribution < 1.29 is 12.9 Å². The molecule has 0 bridgehead atoms. The summed E-state index contributed by atoms with van der Waals surface area (Å²) in [6.45, 7) is 0.309. The lowest BCUT2D eigenvalue weighted by atomic mass is 10.3. The summed E-state index contributed by atoms with van der Waals surface area (Å²) in [6.07, 6.45) is 2.39. The zero-order valence-corrected chi connectivity index (χ0v) is 9.94. The summed E-state index contributed by atoms with van der Waals surface area (Å²) in [4.78, 5) is 4.09. The normalized spacial score (nSPS) is 11.4. The topological polar surface area (TPSA) is 85.1 Å². The van der Waals surface area contributed by atoms with Crippen LogP contribution in [0.25, 0.3) is 0 Å². The van der Waals surface area contributed by atoms with E-state index in [-0.39, 0.29) is 4.90 Å². The van der Waals surface area contributed by atoms with Crippen molar-refractivity contribution in [1.82, 2.24) is 10.1 Å². The van der Waals surface area contributed by atoms with Crippen LogP contribution in [0.1, 0.15) is 5.82 Å². The van der Waals surface area contributed by atoms with Crippen LogP contribution in [0, 0.1) is 0 Å². The largest absolute Gasteiger partial charge is 0.377 e. The molecule has 0 atom stereocenters. The summed E-state index contributed by atoms with van der Waals surface area (Å²) < 4.78 is 27.6. The second-order valence-electron chi connectivity index (χ2n) is 3.47. The second-order valence-corrected chi connectivity index (χ2v) is 5.45. The van der Waals surface area contributed by atoms with E-state index in [1.165, 1.54) is 12.6 Å². The quantitative estimate of drug-likeness (QED) is 0.877. The van der Waals surface area contributed by atoms with Gasteiger partial charge >= 0.3 is 0 Å². The zero-order valence-electron chi connectivity index (χ0n) is 9.12. The molecule has 1 aromatic carbocycles. The number of nitrogens with zero attached hydrogens (tertiary/aromatic N) is 2. The van der Waals surface area contributed by atoms with Crippen LogP contribution in [0.4, 0.5) is 5.69 Å². The first-order chi connectivity index (χ1) is 8.07. The number of anilines is 1.